The van der Waals surface area contributed by atoms with Crippen molar-refractivity contribution in [1.82, 2.24) is 4.72 Å². The highest BCUT2D eigenvalue weighted by Gasteiger charge is 2.26. The summed E-state index contributed by atoms with van der Waals surface area (Å²) in [6.07, 6.45) is 1.99. The predicted octanol–water partition coefficient (Wildman–Crippen LogP) is -4.69. The summed E-state index contributed by atoms with van der Waals surface area (Å²) in [4.78, 5) is 0. The van der Waals surface area contributed by atoms with Crippen LogP contribution >= 0.6 is 0 Å². The molecule has 0 aromatic carbocycles. The van der Waals surface area contributed by atoms with E-state index in [-0.39, 0.29) is 24.2 Å². The SMILES string of the molecule is [Cl-].[NH3+]CCS(=O)(=O)NC1CC1. The molecule has 1 rings (SSSR count). The van der Waals surface area contributed by atoms with E-state index in [1.807, 2.05) is 0 Å². The zero-order chi connectivity index (χ0) is 7.61. The molecule has 0 aromatic rings. The highest BCUT2D eigenvalue weighted by atomic mass is 35.5. The van der Waals surface area contributed by atoms with Crippen molar-refractivity contribution in [2.24, 2.45) is 0 Å². The number of nitrogens with one attached hydrogen (secondary N) is 1. The molecule has 0 aliphatic heterocycles. The molecule has 6 heteroatoms. The predicted molar refractivity (Wildman–Crippen MR) is 37.7 cm³/mol. The van der Waals surface area contributed by atoms with Gasteiger partial charge in [0.2, 0.25) is 10.0 Å². The van der Waals surface area contributed by atoms with E-state index >= 15 is 0 Å². The van der Waals surface area contributed by atoms with Gasteiger partial charge >= 0.3 is 0 Å². The van der Waals surface area contributed by atoms with Crippen LogP contribution in [0, 0.1) is 0 Å². The van der Waals surface area contributed by atoms with Crippen LogP contribution < -0.4 is 22.9 Å². The van der Waals surface area contributed by atoms with Gasteiger partial charge in [-0.25, -0.2) is 13.1 Å². The summed E-state index contributed by atoms with van der Waals surface area (Å²) < 4.78 is 24.4. The topological polar surface area (TPSA) is 73.8 Å². The molecule has 0 radical (unpaired) electrons. The van der Waals surface area contributed by atoms with Gasteiger partial charge in [0.25, 0.3) is 0 Å². The Hall–Kier alpha value is 0.160. The van der Waals surface area contributed by atoms with E-state index in [4.69, 9.17) is 0 Å². The third kappa shape index (κ3) is 4.58. The summed E-state index contributed by atoms with van der Waals surface area (Å²) in [6, 6.07) is 0.233. The Morgan fingerprint density at radius 2 is 2.00 bits per heavy atom. The van der Waals surface area contributed by atoms with Gasteiger partial charge in [0, 0.05) is 6.04 Å². The highest BCUT2D eigenvalue weighted by Crippen LogP contribution is 2.19. The quantitative estimate of drug-likeness (QED) is 0.479. The number of hydrogen-bond donors (Lipinski definition) is 2. The fourth-order valence-electron chi connectivity index (χ4n) is 0.704. The lowest BCUT2D eigenvalue weighted by Gasteiger charge is -2.00. The summed E-state index contributed by atoms with van der Waals surface area (Å²) in [7, 11) is -2.98. The number of quaternary nitrogens is 1. The molecular formula is C5H13ClN2O2S. The van der Waals surface area contributed by atoms with Crippen LogP contribution in [0.1, 0.15) is 12.8 Å². The molecule has 0 amide bonds. The summed E-state index contributed by atoms with van der Waals surface area (Å²) in [6.45, 7) is 0.446. The first-order valence-electron chi connectivity index (χ1n) is 3.43. The molecule has 1 fully saturated rings. The maximum atomic E-state index is 10.9. The van der Waals surface area contributed by atoms with Crippen LogP contribution in [0.25, 0.3) is 0 Å². The second-order valence-electron chi connectivity index (χ2n) is 2.56. The third-order valence-electron chi connectivity index (χ3n) is 1.34. The van der Waals surface area contributed by atoms with E-state index in [2.05, 4.69) is 10.5 Å². The van der Waals surface area contributed by atoms with Gasteiger partial charge in [0.1, 0.15) is 5.75 Å². The smallest absolute Gasteiger partial charge is 0.217 e. The minimum absolute atomic E-state index is 0. The number of rotatable bonds is 4. The normalized spacial score (nSPS) is 17.5. The van der Waals surface area contributed by atoms with Gasteiger partial charge in [0.05, 0.1) is 6.54 Å². The Bertz CT molecular complexity index is 201. The standard InChI is InChI=1S/C5H12N2O2S.ClH/c6-3-4-10(8,9)7-5-1-2-5;/h5,7H,1-4,6H2;1H. The van der Waals surface area contributed by atoms with Gasteiger partial charge in [-0.05, 0) is 12.8 Å². The second-order valence-corrected chi connectivity index (χ2v) is 4.44. The summed E-state index contributed by atoms with van der Waals surface area (Å²) in [5.74, 6) is 0.156. The second kappa shape index (κ2) is 4.25. The van der Waals surface area contributed by atoms with Crippen LogP contribution in [0.5, 0.6) is 0 Å². The zero-order valence-electron chi connectivity index (χ0n) is 6.22. The maximum Gasteiger partial charge on any atom is 0.217 e. The first kappa shape index (κ1) is 11.2. The van der Waals surface area contributed by atoms with Crippen LogP contribution in [0.3, 0.4) is 0 Å². The lowest BCUT2D eigenvalue weighted by molar-refractivity contribution is -0.360. The van der Waals surface area contributed by atoms with Gasteiger partial charge in [-0.15, -0.1) is 0 Å². The molecule has 0 heterocycles. The van der Waals surface area contributed by atoms with Crippen LogP contribution in [0.2, 0.25) is 0 Å². The molecular weight excluding hydrogens is 188 g/mol. The van der Waals surface area contributed by atoms with Crippen molar-refractivity contribution in [3.05, 3.63) is 0 Å². The maximum absolute atomic E-state index is 10.9. The van der Waals surface area contributed by atoms with E-state index < -0.39 is 10.0 Å². The molecule has 11 heavy (non-hydrogen) atoms. The molecule has 68 valence electrons. The molecule has 0 unspecified atom stereocenters. The molecule has 1 aliphatic rings. The molecule has 4 nitrogen and oxygen atoms in total. The molecule has 0 spiro atoms. The summed E-state index contributed by atoms with van der Waals surface area (Å²) >= 11 is 0. The largest absolute Gasteiger partial charge is 1.00 e. The van der Waals surface area contributed by atoms with Crippen molar-refractivity contribution < 1.29 is 26.6 Å². The van der Waals surface area contributed by atoms with E-state index in [1.54, 1.807) is 0 Å². The van der Waals surface area contributed by atoms with Gasteiger partial charge in [-0.3, -0.25) is 0 Å². The summed E-state index contributed by atoms with van der Waals surface area (Å²) in [5.41, 5.74) is 3.48. The van der Waals surface area contributed by atoms with Crippen molar-refractivity contribution in [3.8, 4) is 0 Å². The minimum Gasteiger partial charge on any atom is -1.00 e. The van der Waals surface area contributed by atoms with Crippen molar-refractivity contribution >= 4 is 10.0 Å². The Labute approximate surface area is 73.0 Å². The Morgan fingerprint density at radius 1 is 1.45 bits per heavy atom. The molecule has 0 bridgehead atoms. The zero-order valence-corrected chi connectivity index (χ0v) is 7.79. The average molecular weight is 201 g/mol. The third-order valence-corrected chi connectivity index (χ3v) is 2.86. The van der Waals surface area contributed by atoms with Crippen molar-refractivity contribution in [2.45, 2.75) is 18.9 Å². The molecule has 4 N–H and O–H groups in total. The van der Waals surface area contributed by atoms with Crippen molar-refractivity contribution in [3.63, 3.8) is 0 Å². The van der Waals surface area contributed by atoms with Gasteiger partial charge in [0.15, 0.2) is 0 Å². The van der Waals surface area contributed by atoms with E-state index in [9.17, 15) is 8.42 Å². The van der Waals surface area contributed by atoms with E-state index in [0.717, 1.165) is 12.8 Å². The first-order valence-corrected chi connectivity index (χ1v) is 5.08. The highest BCUT2D eigenvalue weighted by molar-refractivity contribution is 7.89. The Balaban J connectivity index is 0.000001000. The van der Waals surface area contributed by atoms with Gasteiger partial charge in [-0.2, -0.15) is 0 Å². The first-order chi connectivity index (χ1) is 4.64. The van der Waals surface area contributed by atoms with Crippen LogP contribution in [-0.4, -0.2) is 26.8 Å². The molecule has 1 aliphatic carbocycles. The van der Waals surface area contributed by atoms with Gasteiger partial charge < -0.3 is 18.1 Å². The fraction of sp³-hybridized carbons (Fsp3) is 1.00. The summed E-state index contributed by atoms with van der Waals surface area (Å²) in [5, 5.41) is 0. The lowest BCUT2D eigenvalue weighted by atomic mass is 10.8. The van der Waals surface area contributed by atoms with Crippen molar-refractivity contribution in [2.75, 3.05) is 12.3 Å². The number of hydrogen-bond acceptors (Lipinski definition) is 2. The van der Waals surface area contributed by atoms with Crippen LogP contribution in [0.4, 0.5) is 0 Å². The van der Waals surface area contributed by atoms with Crippen LogP contribution in [-0.2, 0) is 10.0 Å². The van der Waals surface area contributed by atoms with Crippen LogP contribution in [0.15, 0.2) is 0 Å². The van der Waals surface area contributed by atoms with Gasteiger partial charge in [-0.1, -0.05) is 0 Å². The molecule has 0 aromatic heterocycles. The van der Waals surface area contributed by atoms with Crippen molar-refractivity contribution in [1.29, 1.82) is 0 Å². The number of halogens is 1. The fourth-order valence-corrected chi connectivity index (χ4v) is 1.95. The van der Waals surface area contributed by atoms with E-state index in [1.165, 1.54) is 0 Å². The number of sulfonamides is 1. The molecule has 1 saturated carbocycles. The minimum atomic E-state index is -2.98. The lowest BCUT2D eigenvalue weighted by Crippen LogP contribution is -3.00. The Kier molecular flexibility index (Phi) is 4.31. The average Bonchev–Trinajstić information content (AvgIpc) is 2.48. The van der Waals surface area contributed by atoms with E-state index in [0.29, 0.717) is 6.54 Å². The molecule has 0 saturated heterocycles. The monoisotopic (exact) mass is 200 g/mol. The Morgan fingerprint density at radius 3 is 2.36 bits per heavy atom. The molecule has 0 atom stereocenters.